The molecule has 0 amide bonds. The summed E-state index contributed by atoms with van der Waals surface area (Å²) in [5.41, 5.74) is 2.36. The summed E-state index contributed by atoms with van der Waals surface area (Å²) >= 11 is 0. The average molecular weight is 248 g/mol. The fourth-order valence-corrected chi connectivity index (χ4v) is 2.10. The summed E-state index contributed by atoms with van der Waals surface area (Å²) in [6.45, 7) is 0.607. The van der Waals surface area contributed by atoms with Crippen LogP contribution in [0, 0.1) is 5.82 Å². The molecule has 94 valence electrons. The second kappa shape index (κ2) is 4.25. The molecule has 3 rings (SSSR count). The van der Waals surface area contributed by atoms with E-state index in [0.29, 0.717) is 17.9 Å². The smallest absolute Gasteiger partial charge is 0.132 e. The van der Waals surface area contributed by atoms with Gasteiger partial charge in [0.2, 0.25) is 0 Å². The van der Waals surface area contributed by atoms with Gasteiger partial charge < -0.3 is 19.8 Å². The number of ether oxygens (including phenoxy) is 1. The molecule has 1 aromatic heterocycles. The van der Waals surface area contributed by atoms with Crippen LogP contribution in [0.2, 0.25) is 0 Å². The molecule has 0 fully saturated rings. The van der Waals surface area contributed by atoms with Crippen molar-refractivity contribution in [2.24, 2.45) is 0 Å². The van der Waals surface area contributed by atoms with E-state index < -0.39 is 0 Å². The minimum Gasteiger partial charge on any atom is -0.497 e. The minimum absolute atomic E-state index is 0.124. The molecule has 4 nitrogen and oxygen atoms in total. The van der Waals surface area contributed by atoms with Crippen molar-refractivity contribution < 1.29 is 13.5 Å². The first kappa shape index (κ1) is 11.0. The molecule has 5 heteroatoms. The number of methoxy groups -OCH3 is 1. The number of fused-ring (bicyclic) bond motifs is 1. The molecule has 2 N–H and O–H groups in total. The third-order valence-electron chi connectivity index (χ3n) is 3.07. The van der Waals surface area contributed by atoms with Gasteiger partial charge in [-0.2, -0.15) is 0 Å². The number of hydrogen-bond acceptors (Lipinski definition) is 4. The first-order valence-corrected chi connectivity index (χ1v) is 5.68. The lowest BCUT2D eigenvalue weighted by atomic mass is 10.0. The second-order valence-electron chi connectivity index (χ2n) is 4.16. The SMILES string of the molecule is COc1ccc(C2CNc3cocc3N2)c(F)c1. The third-order valence-corrected chi connectivity index (χ3v) is 3.07. The molecule has 0 saturated carbocycles. The van der Waals surface area contributed by atoms with Crippen LogP contribution < -0.4 is 15.4 Å². The Hall–Kier alpha value is -2.17. The topological polar surface area (TPSA) is 46.4 Å². The summed E-state index contributed by atoms with van der Waals surface area (Å²) in [6.07, 6.45) is 3.23. The van der Waals surface area contributed by atoms with Crippen molar-refractivity contribution in [3.05, 3.63) is 42.1 Å². The van der Waals surface area contributed by atoms with Crippen molar-refractivity contribution >= 4 is 11.4 Å². The van der Waals surface area contributed by atoms with Gasteiger partial charge in [-0.1, -0.05) is 6.07 Å². The van der Waals surface area contributed by atoms with E-state index >= 15 is 0 Å². The van der Waals surface area contributed by atoms with Crippen LogP contribution in [0.5, 0.6) is 5.75 Å². The molecule has 0 aliphatic carbocycles. The Morgan fingerprint density at radius 2 is 2.17 bits per heavy atom. The van der Waals surface area contributed by atoms with E-state index in [0.717, 1.165) is 11.4 Å². The predicted molar refractivity (Wildman–Crippen MR) is 66.5 cm³/mol. The molecule has 0 saturated heterocycles. The van der Waals surface area contributed by atoms with Gasteiger partial charge in [0.1, 0.15) is 24.1 Å². The molecular formula is C13H13FN2O2. The molecule has 0 spiro atoms. The highest BCUT2D eigenvalue weighted by Crippen LogP contribution is 2.33. The Balaban J connectivity index is 1.88. The predicted octanol–water partition coefficient (Wildman–Crippen LogP) is 3.01. The lowest BCUT2D eigenvalue weighted by Crippen LogP contribution is -2.25. The summed E-state index contributed by atoms with van der Waals surface area (Å²) < 4.78 is 24.0. The van der Waals surface area contributed by atoms with E-state index in [1.807, 2.05) is 0 Å². The maximum Gasteiger partial charge on any atom is 0.132 e. The molecular weight excluding hydrogens is 235 g/mol. The van der Waals surface area contributed by atoms with Crippen LogP contribution in [0.25, 0.3) is 0 Å². The van der Waals surface area contributed by atoms with Crippen molar-refractivity contribution in [2.45, 2.75) is 6.04 Å². The third kappa shape index (κ3) is 1.77. The van der Waals surface area contributed by atoms with Crippen LogP contribution in [0.1, 0.15) is 11.6 Å². The van der Waals surface area contributed by atoms with Crippen LogP contribution in [0.15, 0.2) is 35.1 Å². The van der Waals surface area contributed by atoms with Gasteiger partial charge in [0, 0.05) is 18.2 Å². The summed E-state index contributed by atoms with van der Waals surface area (Å²) in [5.74, 6) is 0.240. The molecule has 2 aromatic rings. The first-order valence-electron chi connectivity index (χ1n) is 5.68. The van der Waals surface area contributed by atoms with Gasteiger partial charge in [-0.25, -0.2) is 4.39 Å². The normalized spacial score (nSPS) is 17.6. The largest absolute Gasteiger partial charge is 0.497 e. The van der Waals surface area contributed by atoms with E-state index in [1.54, 1.807) is 24.7 Å². The molecule has 0 radical (unpaired) electrons. The fourth-order valence-electron chi connectivity index (χ4n) is 2.10. The van der Waals surface area contributed by atoms with Crippen LogP contribution in [-0.4, -0.2) is 13.7 Å². The number of hydrogen-bond donors (Lipinski definition) is 2. The van der Waals surface area contributed by atoms with Crippen LogP contribution in [-0.2, 0) is 0 Å². The van der Waals surface area contributed by atoms with Gasteiger partial charge in [-0.05, 0) is 6.07 Å². The highest BCUT2D eigenvalue weighted by atomic mass is 19.1. The van der Waals surface area contributed by atoms with Crippen LogP contribution in [0.4, 0.5) is 15.8 Å². The highest BCUT2D eigenvalue weighted by molar-refractivity contribution is 5.69. The summed E-state index contributed by atoms with van der Waals surface area (Å²) in [6, 6.07) is 4.76. The van der Waals surface area contributed by atoms with E-state index in [4.69, 9.17) is 9.15 Å². The maximum atomic E-state index is 14.0. The van der Waals surface area contributed by atoms with Crippen LogP contribution in [0.3, 0.4) is 0 Å². The Morgan fingerprint density at radius 3 is 2.94 bits per heavy atom. The van der Waals surface area contributed by atoms with Gasteiger partial charge in [-0.3, -0.25) is 0 Å². The van der Waals surface area contributed by atoms with Gasteiger partial charge in [0.05, 0.1) is 24.5 Å². The fraction of sp³-hybridized carbons (Fsp3) is 0.231. The standard InChI is InChI=1S/C13H13FN2O2/c1-17-8-2-3-9(10(14)4-8)11-5-15-12-6-18-7-13(12)16-11/h2-4,6-7,11,15-16H,5H2,1H3. The van der Waals surface area contributed by atoms with Crippen molar-refractivity contribution in [1.29, 1.82) is 0 Å². The van der Waals surface area contributed by atoms with Crippen molar-refractivity contribution in [3.8, 4) is 5.75 Å². The Labute approximate surface area is 104 Å². The summed E-state index contributed by atoms with van der Waals surface area (Å²) in [4.78, 5) is 0. The molecule has 18 heavy (non-hydrogen) atoms. The number of halogens is 1. The first-order chi connectivity index (χ1) is 8.78. The van der Waals surface area contributed by atoms with E-state index in [-0.39, 0.29) is 11.9 Å². The molecule has 0 bridgehead atoms. The Bertz CT molecular complexity index is 568. The average Bonchev–Trinajstić information content (AvgIpc) is 2.85. The van der Waals surface area contributed by atoms with Crippen molar-refractivity contribution in [1.82, 2.24) is 0 Å². The number of benzene rings is 1. The van der Waals surface area contributed by atoms with Crippen molar-refractivity contribution in [2.75, 3.05) is 24.3 Å². The zero-order valence-electron chi connectivity index (χ0n) is 9.87. The molecule has 1 atom stereocenters. The van der Waals surface area contributed by atoms with E-state index in [2.05, 4.69) is 10.6 Å². The second-order valence-corrected chi connectivity index (χ2v) is 4.16. The van der Waals surface area contributed by atoms with Gasteiger partial charge in [0.15, 0.2) is 0 Å². The Kier molecular flexibility index (Phi) is 2.59. The van der Waals surface area contributed by atoms with Gasteiger partial charge in [0.25, 0.3) is 0 Å². The minimum atomic E-state index is -0.277. The number of nitrogens with one attached hydrogen (secondary N) is 2. The summed E-state index contributed by atoms with van der Waals surface area (Å²) in [5, 5.41) is 6.43. The summed E-state index contributed by atoms with van der Waals surface area (Å²) in [7, 11) is 1.52. The van der Waals surface area contributed by atoms with Gasteiger partial charge >= 0.3 is 0 Å². The lowest BCUT2D eigenvalue weighted by Gasteiger charge is -2.26. The molecule has 2 heterocycles. The number of anilines is 2. The number of furan rings is 1. The van der Waals surface area contributed by atoms with E-state index in [1.165, 1.54) is 13.2 Å². The van der Waals surface area contributed by atoms with E-state index in [9.17, 15) is 4.39 Å². The Morgan fingerprint density at radius 1 is 1.33 bits per heavy atom. The van der Waals surface area contributed by atoms with Gasteiger partial charge in [-0.15, -0.1) is 0 Å². The quantitative estimate of drug-likeness (QED) is 0.857. The zero-order valence-corrected chi connectivity index (χ0v) is 9.87. The monoisotopic (exact) mass is 248 g/mol. The highest BCUT2D eigenvalue weighted by Gasteiger charge is 2.22. The van der Waals surface area contributed by atoms with Crippen LogP contribution >= 0.6 is 0 Å². The molecule has 1 aromatic carbocycles. The lowest BCUT2D eigenvalue weighted by molar-refractivity contribution is 0.410. The maximum absolute atomic E-state index is 14.0. The number of rotatable bonds is 2. The molecule has 1 aliphatic rings. The zero-order chi connectivity index (χ0) is 12.5. The molecule has 1 unspecified atom stereocenters. The van der Waals surface area contributed by atoms with Crippen molar-refractivity contribution in [3.63, 3.8) is 0 Å². The molecule has 1 aliphatic heterocycles.